The fourth-order valence-electron chi connectivity index (χ4n) is 2.51. The lowest BCUT2D eigenvalue weighted by Crippen LogP contribution is -2.04. The summed E-state index contributed by atoms with van der Waals surface area (Å²) < 4.78 is 0. The van der Waals surface area contributed by atoms with Crippen LogP contribution in [0.3, 0.4) is 0 Å². The quantitative estimate of drug-likeness (QED) is 0.545. The van der Waals surface area contributed by atoms with E-state index in [4.69, 9.17) is 5.73 Å². The molecule has 2 N–H and O–H groups in total. The van der Waals surface area contributed by atoms with Crippen LogP contribution < -0.4 is 5.73 Å². The number of thioether (sulfide) groups is 2. The fraction of sp³-hybridized carbons (Fsp3) is 0.389. The number of rotatable bonds is 9. The molecule has 1 aromatic rings. The van der Waals surface area contributed by atoms with E-state index in [0.29, 0.717) is 5.92 Å². The van der Waals surface area contributed by atoms with Crippen LogP contribution in [0.5, 0.6) is 0 Å². The first-order valence-electron chi connectivity index (χ1n) is 7.51. The predicted octanol–water partition coefficient (Wildman–Crippen LogP) is 4.14. The SMILES string of the molecule is C=NCCSCC1CC(N)=C(CSCc2ccccc2)C1=C. The number of allylic oxidation sites excluding steroid dienone is 2. The molecular weight excluding hydrogens is 308 g/mol. The van der Waals surface area contributed by atoms with E-state index in [2.05, 4.69) is 48.6 Å². The summed E-state index contributed by atoms with van der Waals surface area (Å²) in [4.78, 5) is 3.89. The van der Waals surface area contributed by atoms with E-state index >= 15 is 0 Å². The lowest BCUT2D eigenvalue weighted by molar-refractivity contribution is 0.732. The Bertz CT molecular complexity index is 537. The molecule has 0 bridgehead atoms. The maximum atomic E-state index is 6.24. The minimum atomic E-state index is 0.502. The van der Waals surface area contributed by atoms with Gasteiger partial charge in [-0.15, -0.1) is 0 Å². The molecule has 0 amide bonds. The summed E-state index contributed by atoms with van der Waals surface area (Å²) >= 11 is 3.84. The van der Waals surface area contributed by atoms with Gasteiger partial charge in [0.25, 0.3) is 0 Å². The molecule has 0 saturated heterocycles. The average Bonchev–Trinajstić information content (AvgIpc) is 2.80. The Morgan fingerprint density at radius 1 is 1.18 bits per heavy atom. The number of hydrogen-bond donors (Lipinski definition) is 1. The maximum Gasteiger partial charge on any atom is 0.0472 e. The Balaban J connectivity index is 1.77. The van der Waals surface area contributed by atoms with Crippen LogP contribution in [0.25, 0.3) is 0 Å². The second-order valence-corrected chi connectivity index (χ2v) is 7.57. The highest BCUT2D eigenvalue weighted by molar-refractivity contribution is 7.99. The molecular formula is C18H24N2S2. The number of benzene rings is 1. The van der Waals surface area contributed by atoms with Crippen LogP contribution in [-0.2, 0) is 5.75 Å². The van der Waals surface area contributed by atoms with E-state index in [9.17, 15) is 0 Å². The second kappa shape index (κ2) is 9.11. The molecule has 0 heterocycles. The van der Waals surface area contributed by atoms with E-state index in [0.717, 1.165) is 41.7 Å². The van der Waals surface area contributed by atoms with Crippen LogP contribution in [0.15, 0.2) is 58.7 Å². The standard InChI is InChI=1S/C18H24N2S2/c1-14-16(12-21-9-8-20-2)10-18(19)17(14)13-22-11-15-6-4-3-5-7-15/h3-7,16H,1-2,8-13,19H2. The molecule has 1 unspecified atom stereocenters. The Morgan fingerprint density at radius 3 is 2.68 bits per heavy atom. The van der Waals surface area contributed by atoms with Gasteiger partial charge in [0.15, 0.2) is 0 Å². The Kier molecular flexibility index (Phi) is 7.13. The van der Waals surface area contributed by atoms with Gasteiger partial charge in [-0.3, -0.25) is 0 Å². The van der Waals surface area contributed by atoms with Crippen molar-refractivity contribution in [3.63, 3.8) is 0 Å². The van der Waals surface area contributed by atoms with E-state index in [-0.39, 0.29) is 0 Å². The lowest BCUT2D eigenvalue weighted by atomic mass is 10.0. The zero-order valence-corrected chi connectivity index (χ0v) is 14.6. The van der Waals surface area contributed by atoms with Crippen molar-refractivity contribution in [3.8, 4) is 0 Å². The molecule has 0 spiro atoms. The molecule has 0 fully saturated rings. The first kappa shape index (κ1) is 17.2. The highest BCUT2D eigenvalue weighted by Gasteiger charge is 2.26. The summed E-state index contributed by atoms with van der Waals surface area (Å²) in [5.41, 5.74) is 11.2. The van der Waals surface area contributed by atoms with E-state index < -0.39 is 0 Å². The van der Waals surface area contributed by atoms with Crippen molar-refractivity contribution in [1.29, 1.82) is 0 Å². The van der Waals surface area contributed by atoms with Crippen LogP contribution in [0.1, 0.15) is 12.0 Å². The smallest absolute Gasteiger partial charge is 0.0472 e. The second-order valence-electron chi connectivity index (χ2n) is 5.43. The first-order chi connectivity index (χ1) is 10.7. The molecule has 1 atom stereocenters. The van der Waals surface area contributed by atoms with Crippen molar-refractivity contribution in [1.82, 2.24) is 0 Å². The monoisotopic (exact) mass is 332 g/mol. The molecule has 118 valence electrons. The van der Waals surface area contributed by atoms with Gasteiger partial charge in [-0.25, -0.2) is 0 Å². The maximum absolute atomic E-state index is 6.24. The molecule has 2 rings (SSSR count). The summed E-state index contributed by atoms with van der Waals surface area (Å²) in [7, 11) is 0. The third-order valence-corrected chi connectivity index (χ3v) is 5.94. The van der Waals surface area contributed by atoms with E-state index in [1.165, 1.54) is 16.7 Å². The van der Waals surface area contributed by atoms with E-state index in [1.54, 1.807) is 0 Å². The third kappa shape index (κ3) is 4.96. The number of hydrogen-bond acceptors (Lipinski definition) is 4. The fourth-order valence-corrected chi connectivity index (χ4v) is 4.64. The summed E-state index contributed by atoms with van der Waals surface area (Å²) in [6.45, 7) is 8.63. The van der Waals surface area contributed by atoms with Gasteiger partial charge in [0.2, 0.25) is 0 Å². The summed E-state index contributed by atoms with van der Waals surface area (Å²) in [5.74, 6) is 4.61. The van der Waals surface area contributed by atoms with Crippen LogP contribution >= 0.6 is 23.5 Å². The van der Waals surface area contributed by atoms with Crippen molar-refractivity contribution in [3.05, 3.63) is 59.3 Å². The normalized spacial score (nSPS) is 18.0. The zero-order chi connectivity index (χ0) is 15.8. The van der Waals surface area contributed by atoms with Gasteiger partial charge in [-0.05, 0) is 35.8 Å². The van der Waals surface area contributed by atoms with Crippen molar-refractivity contribution in [2.24, 2.45) is 16.6 Å². The molecule has 0 aromatic heterocycles. The highest BCUT2D eigenvalue weighted by atomic mass is 32.2. The molecule has 0 aliphatic heterocycles. The van der Waals surface area contributed by atoms with Gasteiger partial charge in [-0.2, -0.15) is 23.5 Å². The molecule has 2 nitrogen and oxygen atoms in total. The number of nitrogens with two attached hydrogens (primary N) is 1. The molecule has 0 saturated carbocycles. The van der Waals surface area contributed by atoms with Crippen molar-refractivity contribution in [2.75, 3.05) is 23.8 Å². The summed E-state index contributed by atoms with van der Waals surface area (Å²) in [6, 6.07) is 10.6. The Labute approximate surface area is 142 Å². The van der Waals surface area contributed by atoms with Crippen LogP contribution in [0.2, 0.25) is 0 Å². The summed E-state index contributed by atoms with van der Waals surface area (Å²) in [5, 5.41) is 0. The molecule has 1 aromatic carbocycles. The molecule has 22 heavy (non-hydrogen) atoms. The van der Waals surface area contributed by atoms with Crippen LogP contribution in [0.4, 0.5) is 0 Å². The predicted molar refractivity (Wildman–Crippen MR) is 103 cm³/mol. The Hall–Kier alpha value is -1.13. The van der Waals surface area contributed by atoms with Gasteiger partial charge in [0.1, 0.15) is 0 Å². The van der Waals surface area contributed by atoms with Crippen molar-refractivity contribution < 1.29 is 0 Å². The largest absolute Gasteiger partial charge is 0.402 e. The molecule has 1 aliphatic carbocycles. The van der Waals surface area contributed by atoms with Crippen molar-refractivity contribution in [2.45, 2.75) is 12.2 Å². The minimum Gasteiger partial charge on any atom is -0.402 e. The Morgan fingerprint density at radius 2 is 1.95 bits per heavy atom. The minimum absolute atomic E-state index is 0.502. The summed E-state index contributed by atoms with van der Waals surface area (Å²) in [6.07, 6.45) is 0.967. The van der Waals surface area contributed by atoms with Gasteiger partial charge < -0.3 is 10.7 Å². The molecule has 1 aliphatic rings. The first-order valence-corrected chi connectivity index (χ1v) is 9.82. The van der Waals surface area contributed by atoms with Crippen LogP contribution in [0, 0.1) is 5.92 Å². The van der Waals surface area contributed by atoms with Gasteiger partial charge in [0.05, 0.1) is 0 Å². The zero-order valence-electron chi connectivity index (χ0n) is 13.0. The number of nitrogens with zero attached hydrogens (tertiary/aromatic N) is 1. The lowest BCUT2D eigenvalue weighted by Gasteiger charge is -2.12. The highest BCUT2D eigenvalue weighted by Crippen LogP contribution is 2.37. The number of aliphatic imine (C=N–C) groups is 1. The van der Waals surface area contributed by atoms with Crippen LogP contribution in [-0.4, -0.2) is 30.5 Å². The third-order valence-electron chi connectivity index (χ3n) is 3.81. The topological polar surface area (TPSA) is 38.4 Å². The van der Waals surface area contributed by atoms with Crippen molar-refractivity contribution >= 4 is 30.2 Å². The van der Waals surface area contributed by atoms with Gasteiger partial charge >= 0.3 is 0 Å². The van der Waals surface area contributed by atoms with Gasteiger partial charge in [0, 0.05) is 35.3 Å². The molecule has 4 heteroatoms. The average molecular weight is 333 g/mol. The molecule has 0 radical (unpaired) electrons. The van der Waals surface area contributed by atoms with E-state index in [1.807, 2.05) is 23.5 Å². The van der Waals surface area contributed by atoms with Gasteiger partial charge in [-0.1, -0.05) is 36.9 Å².